The second-order valence-electron chi connectivity index (χ2n) is 25.8. The van der Waals surface area contributed by atoms with Crippen molar-refractivity contribution in [3.63, 3.8) is 0 Å². The fourth-order valence-electron chi connectivity index (χ4n) is 10.2. The van der Waals surface area contributed by atoms with Crippen molar-refractivity contribution in [2.45, 2.75) is 145 Å². The first-order valence-corrected chi connectivity index (χ1v) is 35.7. The fraction of sp³-hybridized carbons (Fsp3) is 0.508. The van der Waals surface area contributed by atoms with E-state index in [4.69, 9.17) is 20.2 Å². The maximum Gasteiger partial charge on any atom is 0.291 e. The predicted molar refractivity (Wildman–Crippen MR) is 325 cm³/mol. The lowest BCUT2D eigenvalue weighted by atomic mass is 9.75. The molecule has 2 aliphatic rings. The van der Waals surface area contributed by atoms with Gasteiger partial charge < -0.3 is 44.8 Å². The Balaban J connectivity index is 0.000000231. The Morgan fingerprint density at radius 1 is 0.625 bits per heavy atom. The summed E-state index contributed by atoms with van der Waals surface area (Å²) in [5, 5.41) is 5.92. The number of halogens is 2. The topological polar surface area (TPSA) is 171 Å². The van der Waals surface area contributed by atoms with Gasteiger partial charge in [-0.25, -0.2) is 18.7 Å². The second kappa shape index (κ2) is 26.2. The number of aryl methyl sites for hydroxylation is 2. The number of piperidine rings is 2. The predicted octanol–water partition coefficient (Wildman–Crippen LogP) is 13.1. The molecule has 4 aromatic heterocycles. The minimum absolute atomic E-state index is 0.197. The van der Waals surface area contributed by atoms with Gasteiger partial charge >= 0.3 is 0 Å². The Hall–Kier alpha value is -6.13. The normalized spacial score (nSPS) is 14.9. The molecule has 0 atom stereocenters. The number of pyridine rings is 2. The molecule has 432 valence electrons. The second-order valence-corrected chi connectivity index (χ2v) is 37.0. The molecule has 15 nitrogen and oxygen atoms in total. The molecule has 2 saturated heterocycles. The summed E-state index contributed by atoms with van der Waals surface area (Å²) in [5.74, 6) is -0.157. The lowest BCUT2D eigenvalue weighted by Crippen LogP contribution is -2.47. The number of imidazole rings is 2. The van der Waals surface area contributed by atoms with Gasteiger partial charge in [-0.05, 0) is 131 Å². The van der Waals surface area contributed by atoms with Crippen molar-refractivity contribution in [2.24, 2.45) is 23.0 Å². The van der Waals surface area contributed by atoms with E-state index in [1.54, 1.807) is 45.8 Å². The van der Waals surface area contributed by atoms with Gasteiger partial charge in [0, 0.05) is 108 Å². The first kappa shape index (κ1) is 61.5. The minimum Gasteiger partial charge on any atom is -0.367 e. The lowest BCUT2D eigenvalue weighted by molar-refractivity contribution is 0.0808. The average Bonchev–Trinajstić information content (AvgIpc) is 4.02. The molecule has 0 unspecified atom stereocenters. The zero-order chi connectivity index (χ0) is 58.2. The summed E-state index contributed by atoms with van der Waals surface area (Å²) in [5.41, 5.74) is 12.8. The van der Waals surface area contributed by atoms with Crippen LogP contribution in [-0.4, -0.2) is 102 Å². The molecule has 0 radical (unpaired) electrons. The maximum absolute atomic E-state index is 15.2. The third kappa shape index (κ3) is 17.0. The molecule has 2 aliphatic heterocycles. The van der Waals surface area contributed by atoms with Crippen LogP contribution in [0.2, 0.25) is 51.4 Å². The Bertz CT molecular complexity index is 2850. The first-order valence-electron chi connectivity index (χ1n) is 28.3. The van der Waals surface area contributed by atoms with E-state index in [2.05, 4.69) is 90.5 Å². The van der Waals surface area contributed by atoms with Gasteiger partial charge in [0.25, 0.3) is 11.8 Å². The summed E-state index contributed by atoms with van der Waals surface area (Å²) >= 11 is 0. The van der Waals surface area contributed by atoms with Crippen LogP contribution < -0.4 is 26.2 Å². The largest absolute Gasteiger partial charge is 0.367 e. The van der Waals surface area contributed by atoms with Crippen LogP contribution in [0.3, 0.4) is 0 Å². The number of ether oxygens (including phenoxy) is 2. The van der Waals surface area contributed by atoms with Crippen molar-refractivity contribution in [1.29, 1.82) is 0 Å². The lowest BCUT2D eigenvalue weighted by Gasteiger charge is -2.40. The van der Waals surface area contributed by atoms with Crippen LogP contribution in [0.5, 0.6) is 0 Å². The van der Waals surface area contributed by atoms with Gasteiger partial charge in [0.05, 0.1) is 34.1 Å². The molecular formula is C61H87F2N11O4Si2. The van der Waals surface area contributed by atoms with E-state index in [0.29, 0.717) is 72.3 Å². The average molecular weight is 1130 g/mol. The quantitative estimate of drug-likeness (QED) is 0.0521. The van der Waals surface area contributed by atoms with Gasteiger partial charge in [-0.15, -0.1) is 0 Å². The molecule has 6 aromatic rings. The molecular weight excluding hydrogens is 1040 g/mol. The number of nitrogens with zero attached hydrogens (tertiary/aromatic N) is 8. The SMILES string of the molecule is Cc1cc(-c2cn(COCC[Si](C)(C)C)c(C(=O)Nc3cccc(F)c3N3CCC(C(C)(C)C)CC3)n2)ccn1.Cc1cc(-c2cn(COCC[Si](C)(C)C)c(C(=O)Nc3cccc(F)c3N3CCC(C(C)(C)N)CC3)n2)ccn1. The van der Waals surface area contributed by atoms with Gasteiger partial charge in [-0.1, -0.05) is 72.2 Å². The number of carbonyl (C=O) groups is 2. The van der Waals surface area contributed by atoms with Gasteiger partial charge in [0.15, 0.2) is 0 Å². The van der Waals surface area contributed by atoms with Crippen LogP contribution in [0, 0.1) is 42.7 Å². The van der Waals surface area contributed by atoms with E-state index in [1.807, 2.05) is 69.3 Å². The molecule has 80 heavy (non-hydrogen) atoms. The number of anilines is 4. The van der Waals surface area contributed by atoms with Crippen LogP contribution in [0.1, 0.15) is 92.9 Å². The third-order valence-corrected chi connectivity index (χ3v) is 18.6. The number of aromatic nitrogens is 6. The van der Waals surface area contributed by atoms with Crippen LogP contribution in [0.25, 0.3) is 22.5 Å². The fourth-order valence-corrected chi connectivity index (χ4v) is 11.7. The van der Waals surface area contributed by atoms with Crippen LogP contribution in [-0.2, 0) is 22.9 Å². The number of amides is 2. The standard InChI is InChI=1S/C31H44FN5O2Si.C30H43FN6O2Si/c1-22-19-23(11-14-33-22)27-20-37(21-39-17-18-40(5,6)7)29(34-27)30(38)35-26-10-8-9-25(32)28(26)36-15-12-24(13-16-36)31(2,3)4;1-21-18-22(10-13-33-21)26-19-37(20-39-16-17-40(4,5)6)28(34-26)29(38)35-25-9-7-8-24(31)27(25)36-14-11-23(12-15-36)30(2,3)32/h8-11,14,19-20,24H,12-13,15-18,21H2,1-7H3,(H,35,38);7-10,13,18-19,23H,11-12,14-17,20,32H2,1-6H3,(H,35,38). The molecule has 8 rings (SSSR count). The van der Waals surface area contributed by atoms with E-state index in [1.165, 1.54) is 12.1 Å². The summed E-state index contributed by atoms with van der Waals surface area (Å²) < 4.78 is 45.8. The van der Waals surface area contributed by atoms with Gasteiger partial charge in [0.2, 0.25) is 11.6 Å². The summed E-state index contributed by atoms with van der Waals surface area (Å²) in [6, 6.07) is 19.3. The van der Waals surface area contributed by atoms with Crippen LogP contribution in [0.4, 0.5) is 31.5 Å². The number of nitrogens with one attached hydrogen (secondary N) is 2. The highest BCUT2D eigenvalue weighted by molar-refractivity contribution is 6.76. The van der Waals surface area contributed by atoms with Gasteiger partial charge in [-0.3, -0.25) is 19.6 Å². The van der Waals surface area contributed by atoms with Crippen LogP contribution >= 0.6 is 0 Å². The molecule has 0 spiro atoms. The van der Waals surface area contributed by atoms with Gasteiger partial charge in [-0.2, -0.15) is 0 Å². The summed E-state index contributed by atoms with van der Waals surface area (Å²) in [7, 11) is -2.52. The Morgan fingerprint density at radius 3 is 1.36 bits per heavy atom. The highest BCUT2D eigenvalue weighted by atomic mass is 28.3. The summed E-state index contributed by atoms with van der Waals surface area (Å²) in [6.07, 6.45) is 10.8. The molecule has 0 bridgehead atoms. The van der Waals surface area contributed by atoms with Crippen LogP contribution in [0.15, 0.2) is 85.5 Å². The van der Waals surface area contributed by atoms with Gasteiger partial charge in [0.1, 0.15) is 25.1 Å². The Labute approximate surface area is 475 Å². The number of carbonyl (C=O) groups excluding carboxylic acids is 2. The smallest absolute Gasteiger partial charge is 0.291 e. The van der Waals surface area contributed by atoms with E-state index in [0.717, 1.165) is 73.4 Å². The van der Waals surface area contributed by atoms with Crippen molar-refractivity contribution in [3.8, 4) is 22.5 Å². The number of hydrogen-bond acceptors (Lipinski definition) is 11. The number of hydrogen-bond donors (Lipinski definition) is 3. The Morgan fingerprint density at radius 2 is 1.01 bits per heavy atom. The highest BCUT2D eigenvalue weighted by Gasteiger charge is 2.33. The molecule has 2 amide bonds. The summed E-state index contributed by atoms with van der Waals surface area (Å²) in [6.45, 7) is 33.0. The van der Waals surface area contributed by atoms with E-state index in [9.17, 15) is 9.59 Å². The monoisotopic (exact) mass is 1130 g/mol. The molecule has 6 heterocycles. The number of benzene rings is 2. The molecule has 4 N–H and O–H groups in total. The van der Waals surface area contributed by atoms with Crippen molar-refractivity contribution in [1.82, 2.24) is 29.1 Å². The number of nitrogens with two attached hydrogens (primary N) is 1. The third-order valence-electron chi connectivity index (χ3n) is 15.2. The van der Waals surface area contributed by atoms with E-state index < -0.39 is 28.0 Å². The van der Waals surface area contributed by atoms with Crippen molar-refractivity contribution in [3.05, 3.63) is 120 Å². The maximum atomic E-state index is 15.2. The molecule has 19 heteroatoms. The number of para-hydroxylation sites is 2. The molecule has 2 fully saturated rings. The molecule has 0 aliphatic carbocycles. The highest BCUT2D eigenvalue weighted by Crippen LogP contribution is 2.39. The zero-order valence-corrected chi connectivity index (χ0v) is 51.7. The first-order chi connectivity index (χ1) is 37.6. The Kier molecular flexibility index (Phi) is 20.1. The van der Waals surface area contributed by atoms with Crippen molar-refractivity contribution < 1.29 is 27.8 Å². The van der Waals surface area contributed by atoms with E-state index >= 15 is 8.78 Å². The number of rotatable bonds is 19. The van der Waals surface area contributed by atoms with Crippen molar-refractivity contribution in [2.75, 3.05) is 59.8 Å². The molecule has 0 saturated carbocycles. The van der Waals surface area contributed by atoms with E-state index in [-0.39, 0.29) is 47.7 Å². The molecule has 2 aromatic carbocycles. The zero-order valence-electron chi connectivity index (χ0n) is 49.7. The van der Waals surface area contributed by atoms with Crippen molar-refractivity contribution >= 4 is 50.7 Å². The minimum atomic E-state index is -1.26. The summed E-state index contributed by atoms with van der Waals surface area (Å²) in [4.78, 5) is 49.3.